The Balaban J connectivity index is 1.80. The van der Waals surface area contributed by atoms with E-state index in [2.05, 4.69) is 22.0 Å². The Morgan fingerprint density at radius 3 is 2.58 bits per heavy atom. The molecular weight excluding hydrogens is 443 g/mol. The van der Waals surface area contributed by atoms with Gasteiger partial charge < -0.3 is 24.2 Å². The number of methoxy groups -OCH3 is 2. The number of rotatable bonds is 7. The number of ether oxygens (including phenoxy) is 2. The molecule has 0 radical (unpaired) electrons. The van der Waals surface area contributed by atoms with Crippen LogP contribution in [0.15, 0.2) is 65.3 Å². The van der Waals surface area contributed by atoms with Gasteiger partial charge in [-0.25, -0.2) is 4.39 Å². The molecule has 0 saturated carbocycles. The molecule has 33 heavy (non-hydrogen) atoms. The van der Waals surface area contributed by atoms with Gasteiger partial charge in [0.25, 0.3) is 5.89 Å². The summed E-state index contributed by atoms with van der Waals surface area (Å²) in [5, 5.41) is 8.03. The number of halogens is 1. The highest BCUT2D eigenvalue weighted by molar-refractivity contribution is 7.80. The van der Waals surface area contributed by atoms with Crippen molar-refractivity contribution in [1.29, 1.82) is 0 Å². The molecule has 2 heterocycles. The van der Waals surface area contributed by atoms with E-state index in [0.717, 1.165) is 16.8 Å². The summed E-state index contributed by atoms with van der Waals surface area (Å²) in [6.07, 6.45) is 1.76. The topological polar surface area (TPSA) is 72.7 Å². The Hall–Kier alpha value is -3.72. The predicted molar refractivity (Wildman–Crippen MR) is 127 cm³/mol. The highest BCUT2D eigenvalue weighted by atomic mass is 32.1. The number of aromatic nitrogens is 2. The lowest BCUT2D eigenvalue weighted by atomic mass is 9.95. The summed E-state index contributed by atoms with van der Waals surface area (Å²) in [5.74, 6) is 1.57. The summed E-state index contributed by atoms with van der Waals surface area (Å²) >= 11 is 5.57. The van der Waals surface area contributed by atoms with Crippen LogP contribution in [0.1, 0.15) is 24.4 Å². The zero-order chi connectivity index (χ0) is 23.5. The van der Waals surface area contributed by atoms with Gasteiger partial charge in [0.2, 0.25) is 5.82 Å². The molecule has 3 aromatic rings. The standard InChI is InChI=1S/C24H23FN4O3S/c1-5-12-29-14(2)20(21(26-24(29)33)15-6-9-17(25)10-7-15)23-27-22(28-32-23)16-8-11-18(30-3)19(13-16)31-4/h5-11,13,21H,1,12H2,2-4H3,(H,26,33). The molecule has 0 fully saturated rings. The second kappa shape index (κ2) is 9.41. The van der Waals surface area contributed by atoms with Crippen molar-refractivity contribution < 1.29 is 18.4 Å². The molecule has 1 aromatic heterocycles. The van der Waals surface area contributed by atoms with E-state index >= 15 is 0 Å². The van der Waals surface area contributed by atoms with Crippen molar-refractivity contribution in [3.05, 3.63) is 78.1 Å². The van der Waals surface area contributed by atoms with Crippen LogP contribution in [0.4, 0.5) is 4.39 Å². The van der Waals surface area contributed by atoms with Crippen molar-refractivity contribution in [3.8, 4) is 22.9 Å². The van der Waals surface area contributed by atoms with Gasteiger partial charge in [-0.3, -0.25) is 0 Å². The number of hydrogen-bond donors (Lipinski definition) is 1. The zero-order valence-corrected chi connectivity index (χ0v) is 19.3. The highest BCUT2D eigenvalue weighted by Crippen LogP contribution is 2.38. The number of hydrogen-bond acceptors (Lipinski definition) is 6. The van der Waals surface area contributed by atoms with E-state index in [1.807, 2.05) is 17.9 Å². The fourth-order valence-electron chi connectivity index (χ4n) is 3.74. The number of benzene rings is 2. The van der Waals surface area contributed by atoms with Gasteiger partial charge in [0, 0.05) is 17.8 Å². The second-order valence-electron chi connectivity index (χ2n) is 7.33. The number of nitrogens with one attached hydrogen (secondary N) is 1. The summed E-state index contributed by atoms with van der Waals surface area (Å²) in [7, 11) is 3.14. The molecule has 1 unspecified atom stereocenters. The smallest absolute Gasteiger partial charge is 0.258 e. The Morgan fingerprint density at radius 2 is 1.91 bits per heavy atom. The number of thiocarbonyl (C=S) groups is 1. The highest BCUT2D eigenvalue weighted by Gasteiger charge is 2.33. The summed E-state index contributed by atoms with van der Waals surface area (Å²) in [4.78, 5) is 6.56. The monoisotopic (exact) mass is 466 g/mol. The normalized spacial score (nSPS) is 15.9. The number of nitrogens with zero attached hydrogens (tertiary/aromatic N) is 3. The van der Waals surface area contributed by atoms with E-state index in [0.29, 0.717) is 40.4 Å². The molecule has 0 bridgehead atoms. The Bertz CT molecular complexity index is 1220. The average molecular weight is 467 g/mol. The maximum Gasteiger partial charge on any atom is 0.258 e. The van der Waals surface area contributed by atoms with E-state index in [1.54, 1.807) is 44.6 Å². The average Bonchev–Trinajstić information content (AvgIpc) is 3.31. The minimum Gasteiger partial charge on any atom is -0.493 e. The van der Waals surface area contributed by atoms with E-state index < -0.39 is 6.04 Å². The van der Waals surface area contributed by atoms with Crippen LogP contribution < -0.4 is 14.8 Å². The van der Waals surface area contributed by atoms with Crippen LogP contribution in [-0.2, 0) is 0 Å². The van der Waals surface area contributed by atoms with Crippen LogP contribution in [-0.4, -0.2) is 40.9 Å². The van der Waals surface area contributed by atoms with Crippen LogP contribution in [0.2, 0.25) is 0 Å². The first kappa shape index (κ1) is 22.5. The molecule has 1 atom stereocenters. The fraction of sp³-hybridized carbons (Fsp3) is 0.208. The summed E-state index contributed by atoms with van der Waals surface area (Å²) < 4.78 is 29.9. The summed E-state index contributed by atoms with van der Waals surface area (Å²) in [6.45, 7) is 6.26. The second-order valence-corrected chi connectivity index (χ2v) is 7.71. The van der Waals surface area contributed by atoms with Gasteiger partial charge in [-0.05, 0) is 55.0 Å². The van der Waals surface area contributed by atoms with Crippen molar-refractivity contribution in [2.24, 2.45) is 0 Å². The van der Waals surface area contributed by atoms with Crippen LogP contribution in [0.25, 0.3) is 17.0 Å². The van der Waals surface area contributed by atoms with Crippen molar-refractivity contribution >= 4 is 22.9 Å². The Labute approximate surface area is 196 Å². The van der Waals surface area contributed by atoms with E-state index in [9.17, 15) is 4.39 Å². The summed E-state index contributed by atoms with van der Waals surface area (Å²) in [5.41, 5.74) is 3.12. The third-order valence-corrected chi connectivity index (χ3v) is 5.75. The van der Waals surface area contributed by atoms with Crippen molar-refractivity contribution in [3.63, 3.8) is 0 Å². The lowest BCUT2D eigenvalue weighted by Gasteiger charge is -2.36. The minimum absolute atomic E-state index is 0.318. The largest absolute Gasteiger partial charge is 0.493 e. The van der Waals surface area contributed by atoms with Crippen LogP contribution in [0, 0.1) is 5.82 Å². The molecule has 0 amide bonds. The van der Waals surface area contributed by atoms with Crippen LogP contribution >= 0.6 is 12.2 Å². The first-order chi connectivity index (χ1) is 16.0. The molecule has 1 aliphatic rings. The molecule has 0 aliphatic carbocycles. The van der Waals surface area contributed by atoms with Gasteiger partial charge in [0.1, 0.15) is 5.82 Å². The minimum atomic E-state index is -0.391. The summed E-state index contributed by atoms with van der Waals surface area (Å²) in [6, 6.07) is 11.2. The molecule has 0 saturated heterocycles. The molecule has 9 heteroatoms. The van der Waals surface area contributed by atoms with E-state index in [-0.39, 0.29) is 5.82 Å². The van der Waals surface area contributed by atoms with Gasteiger partial charge in [0.15, 0.2) is 16.6 Å². The Kier molecular flexibility index (Phi) is 6.41. The fourth-order valence-corrected chi connectivity index (χ4v) is 4.07. The molecule has 1 N–H and O–H groups in total. The van der Waals surface area contributed by atoms with Crippen molar-refractivity contribution in [1.82, 2.24) is 20.4 Å². The third-order valence-electron chi connectivity index (χ3n) is 5.41. The first-order valence-electron chi connectivity index (χ1n) is 10.2. The molecule has 4 rings (SSSR count). The molecule has 1 aliphatic heterocycles. The molecule has 0 spiro atoms. The van der Waals surface area contributed by atoms with E-state index in [4.69, 9.17) is 26.2 Å². The van der Waals surface area contributed by atoms with E-state index in [1.165, 1.54) is 12.1 Å². The van der Waals surface area contributed by atoms with Gasteiger partial charge in [-0.1, -0.05) is 23.4 Å². The molecular formula is C24H23FN4O3S. The van der Waals surface area contributed by atoms with Gasteiger partial charge in [-0.2, -0.15) is 4.98 Å². The SMILES string of the molecule is C=CCN1C(=S)NC(c2ccc(F)cc2)C(c2nc(-c3ccc(OC)c(OC)c3)no2)=C1C. The zero-order valence-electron chi connectivity index (χ0n) is 18.5. The third kappa shape index (κ3) is 4.31. The van der Waals surface area contributed by atoms with Crippen LogP contribution in [0.5, 0.6) is 11.5 Å². The van der Waals surface area contributed by atoms with Crippen molar-refractivity contribution in [2.75, 3.05) is 20.8 Å². The lowest BCUT2D eigenvalue weighted by molar-refractivity contribution is 0.355. The maximum absolute atomic E-state index is 13.6. The van der Waals surface area contributed by atoms with Crippen molar-refractivity contribution in [2.45, 2.75) is 13.0 Å². The van der Waals surface area contributed by atoms with Gasteiger partial charge >= 0.3 is 0 Å². The number of allylic oxidation sites excluding steroid dienone is 1. The molecule has 7 nitrogen and oxygen atoms in total. The molecule has 2 aromatic carbocycles. The first-order valence-corrected chi connectivity index (χ1v) is 10.6. The van der Waals surface area contributed by atoms with Gasteiger partial charge in [0.05, 0.1) is 25.8 Å². The van der Waals surface area contributed by atoms with Crippen LogP contribution in [0.3, 0.4) is 0 Å². The molecule has 170 valence electrons. The predicted octanol–water partition coefficient (Wildman–Crippen LogP) is 4.74. The van der Waals surface area contributed by atoms with Gasteiger partial charge in [-0.15, -0.1) is 6.58 Å². The Morgan fingerprint density at radius 1 is 1.18 bits per heavy atom. The lowest BCUT2D eigenvalue weighted by Crippen LogP contribution is -2.45. The quantitative estimate of drug-likeness (QED) is 0.395. The maximum atomic E-state index is 13.6.